The molecule has 0 spiro atoms. The van der Waals surface area contributed by atoms with E-state index in [9.17, 15) is 8.42 Å². The Kier molecular flexibility index (Phi) is 6.10. The molecule has 1 rings (SSSR count). The highest BCUT2D eigenvalue weighted by molar-refractivity contribution is 7.99. The average molecular weight is 299 g/mol. The van der Waals surface area contributed by atoms with Gasteiger partial charge in [0.15, 0.2) is 9.84 Å². The van der Waals surface area contributed by atoms with Crippen molar-refractivity contribution in [3.8, 4) is 0 Å². The molecule has 0 aliphatic heterocycles. The van der Waals surface area contributed by atoms with Gasteiger partial charge in [-0.05, 0) is 24.3 Å². The van der Waals surface area contributed by atoms with Crippen LogP contribution in [-0.4, -0.2) is 33.0 Å². The van der Waals surface area contributed by atoms with Crippen LogP contribution in [-0.2, 0) is 9.84 Å². The summed E-state index contributed by atoms with van der Waals surface area (Å²) in [6.07, 6.45) is 1.22. The van der Waals surface area contributed by atoms with Gasteiger partial charge < -0.3 is 5.32 Å². The highest BCUT2D eigenvalue weighted by Crippen LogP contribution is 2.21. The van der Waals surface area contributed by atoms with Crippen molar-refractivity contribution < 1.29 is 8.42 Å². The molecule has 0 heterocycles. The summed E-state index contributed by atoms with van der Waals surface area (Å²) in [6, 6.07) is 7.42. The second-order valence-electron chi connectivity index (χ2n) is 4.82. The summed E-state index contributed by atoms with van der Waals surface area (Å²) in [5.74, 6) is 0.831. The van der Waals surface area contributed by atoms with E-state index in [0.717, 1.165) is 22.8 Å². The van der Waals surface area contributed by atoms with Crippen LogP contribution >= 0.6 is 11.8 Å². The Morgan fingerprint density at radius 2 is 1.89 bits per heavy atom. The summed E-state index contributed by atoms with van der Waals surface area (Å²) in [4.78, 5) is 1.41. The smallest absolute Gasteiger partial charge is 0.175 e. The quantitative estimate of drug-likeness (QED) is 0.621. The van der Waals surface area contributed by atoms with Gasteiger partial charge >= 0.3 is 0 Å². The van der Waals surface area contributed by atoms with Gasteiger partial charge in [-0.2, -0.15) is 0 Å². The highest BCUT2D eigenvalue weighted by Gasteiger charge is 2.06. The molecule has 0 bridgehead atoms. The monoisotopic (exact) mass is 299 g/mol. The molecule has 0 atom stereocenters. The third kappa shape index (κ3) is 6.27. The van der Waals surface area contributed by atoms with Crippen molar-refractivity contribution in [1.82, 2.24) is 5.32 Å². The Hall–Kier alpha value is -0.780. The van der Waals surface area contributed by atoms with Crippen LogP contribution in [0.5, 0.6) is 0 Å². The van der Waals surface area contributed by atoms with Crippen LogP contribution in [0.4, 0.5) is 0 Å². The van der Waals surface area contributed by atoms with Gasteiger partial charge in [0.25, 0.3) is 0 Å². The van der Waals surface area contributed by atoms with Crippen LogP contribution < -0.4 is 5.32 Å². The first-order chi connectivity index (χ1) is 8.79. The summed E-state index contributed by atoms with van der Waals surface area (Å²) >= 11 is 1.67. The van der Waals surface area contributed by atoms with E-state index >= 15 is 0 Å². The molecular weight excluding hydrogens is 278 g/mol. The lowest BCUT2D eigenvalue weighted by atomic mass is 10.3. The van der Waals surface area contributed by atoms with Crippen molar-refractivity contribution in [3.05, 3.63) is 36.4 Å². The molecule has 0 radical (unpaired) electrons. The van der Waals surface area contributed by atoms with Gasteiger partial charge in [-0.1, -0.05) is 26.0 Å². The fourth-order valence-corrected chi connectivity index (χ4v) is 2.80. The molecule has 0 aliphatic rings. The van der Waals surface area contributed by atoms with Crippen molar-refractivity contribution in [2.24, 2.45) is 0 Å². The summed E-state index contributed by atoms with van der Waals surface area (Å²) < 4.78 is 22.7. The van der Waals surface area contributed by atoms with Gasteiger partial charge in [-0.3, -0.25) is 0 Å². The zero-order valence-electron chi connectivity index (χ0n) is 11.6. The van der Waals surface area contributed by atoms with Crippen molar-refractivity contribution in [2.75, 3.05) is 18.6 Å². The lowest BCUT2D eigenvalue weighted by molar-refractivity contribution is 0.602. The lowest BCUT2D eigenvalue weighted by Crippen LogP contribution is -2.25. The van der Waals surface area contributed by atoms with E-state index in [-0.39, 0.29) is 0 Å². The maximum absolute atomic E-state index is 11.3. The Bertz CT molecular complexity index is 519. The van der Waals surface area contributed by atoms with Gasteiger partial charge in [-0.15, -0.1) is 11.8 Å². The van der Waals surface area contributed by atoms with E-state index in [1.807, 2.05) is 12.1 Å². The minimum Gasteiger partial charge on any atom is -0.311 e. The zero-order valence-corrected chi connectivity index (χ0v) is 13.3. The molecule has 0 aromatic heterocycles. The van der Waals surface area contributed by atoms with E-state index in [1.54, 1.807) is 23.9 Å². The molecule has 5 heteroatoms. The van der Waals surface area contributed by atoms with E-state index < -0.39 is 9.84 Å². The van der Waals surface area contributed by atoms with Crippen LogP contribution in [0.3, 0.4) is 0 Å². The SMILES string of the molecule is C=C(CNC(C)C)CSc1ccc(S(C)(=O)=O)cc1. The van der Waals surface area contributed by atoms with Gasteiger partial charge in [0.05, 0.1) is 4.90 Å². The Labute approximate surface area is 120 Å². The Morgan fingerprint density at radius 1 is 1.32 bits per heavy atom. The second-order valence-corrected chi connectivity index (χ2v) is 7.88. The molecule has 106 valence electrons. The summed E-state index contributed by atoms with van der Waals surface area (Å²) in [5, 5.41) is 3.32. The largest absolute Gasteiger partial charge is 0.311 e. The number of benzene rings is 1. The molecule has 1 aromatic rings. The molecule has 0 fully saturated rings. The van der Waals surface area contributed by atoms with Gasteiger partial charge in [-0.25, -0.2) is 8.42 Å². The average Bonchev–Trinajstić information content (AvgIpc) is 2.33. The first kappa shape index (κ1) is 16.3. The van der Waals surface area contributed by atoms with Gasteiger partial charge in [0.2, 0.25) is 0 Å². The van der Waals surface area contributed by atoms with Crippen LogP contribution in [0.1, 0.15) is 13.8 Å². The number of sulfone groups is 1. The third-order valence-electron chi connectivity index (χ3n) is 2.46. The second kappa shape index (κ2) is 7.12. The molecule has 0 amide bonds. The maximum Gasteiger partial charge on any atom is 0.175 e. The fourth-order valence-electron chi connectivity index (χ4n) is 1.37. The number of hydrogen-bond acceptors (Lipinski definition) is 4. The summed E-state index contributed by atoms with van der Waals surface area (Å²) in [6.45, 7) is 9.03. The minimum atomic E-state index is -3.11. The summed E-state index contributed by atoms with van der Waals surface area (Å²) in [7, 11) is -3.11. The molecule has 0 saturated heterocycles. The topological polar surface area (TPSA) is 46.2 Å². The Balaban J connectivity index is 2.48. The number of rotatable bonds is 7. The molecule has 0 unspecified atom stereocenters. The van der Waals surface area contributed by atoms with Crippen molar-refractivity contribution in [1.29, 1.82) is 0 Å². The summed E-state index contributed by atoms with van der Waals surface area (Å²) in [5.41, 5.74) is 1.13. The Morgan fingerprint density at radius 3 is 2.37 bits per heavy atom. The standard InChI is InChI=1S/C14H21NO2S2/c1-11(2)15-9-12(3)10-18-13-5-7-14(8-6-13)19(4,16)17/h5-8,11,15H,3,9-10H2,1-2,4H3. The first-order valence-corrected chi connectivity index (χ1v) is 8.99. The molecule has 1 N–H and O–H groups in total. The lowest BCUT2D eigenvalue weighted by Gasteiger charge is -2.10. The number of hydrogen-bond donors (Lipinski definition) is 1. The number of nitrogens with one attached hydrogen (secondary N) is 1. The predicted molar refractivity (Wildman–Crippen MR) is 82.6 cm³/mol. The first-order valence-electron chi connectivity index (χ1n) is 6.12. The van der Waals surface area contributed by atoms with Gasteiger partial charge in [0.1, 0.15) is 0 Å². The minimum absolute atomic E-state index is 0.358. The molecule has 19 heavy (non-hydrogen) atoms. The van der Waals surface area contributed by atoms with E-state index in [2.05, 4.69) is 25.7 Å². The van der Waals surface area contributed by atoms with Crippen LogP contribution in [0, 0.1) is 0 Å². The molecule has 0 saturated carbocycles. The third-order valence-corrected chi connectivity index (χ3v) is 4.74. The fraction of sp³-hybridized carbons (Fsp3) is 0.429. The van der Waals surface area contributed by atoms with Crippen LogP contribution in [0.15, 0.2) is 46.2 Å². The van der Waals surface area contributed by atoms with Gasteiger partial charge in [0, 0.05) is 29.5 Å². The molecule has 1 aromatic carbocycles. The maximum atomic E-state index is 11.3. The van der Waals surface area contributed by atoms with Crippen molar-refractivity contribution in [2.45, 2.75) is 29.7 Å². The van der Waals surface area contributed by atoms with E-state index in [1.165, 1.54) is 6.26 Å². The molecule has 0 aliphatic carbocycles. The highest BCUT2D eigenvalue weighted by atomic mass is 32.2. The normalized spacial score (nSPS) is 11.8. The van der Waals surface area contributed by atoms with E-state index in [4.69, 9.17) is 0 Å². The molecule has 3 nitrogen and oxygen atoms in total. The predicted octanol–water partition coefficient (Wildman–Crippen LogP) is 2.74. The van der Waals surface area contributed by atoms with Crippen LogP contribution in [0.2, 0.25) is 0 Å². The van der Waals surface area contributed by atoms with Crippen molar-refractivity contribution in [3.63, 3.8) is 0 Å². The van der Waals surface area contributed by atoms with Crippen molar-refractivity contribution >= 4 is 21.6 Å². The van der Waals surface area contributed by atoms with Crippen LogP contribution in [0.25, 0.3) is 0 Å². The van der Waals surface area contributed by atoms with E-state index in [0.29, 0.717) is 10.9 Å². The number of thioether (sulfide) groups is 1. The molecular formula is C14H21NO2S2. The zero-order chi connectivity index (χ0) is 14.5.